The Bertz CT molecular complexity index is 1020. The molecule has 1 N–H and O–H groups in total. The number of rotatable bonds is 7. The molecule has 3 rings (SSSR count). The Morgan fingerprint density at radius 1 is 0.806 bits per heavy atom. The molecule has 0 bridgehead atoms. The molecule has 4 nitrogen and oxygen atoms in total. The average Bonchev–Trinajstić information content (AvgIpc) is 2.77. The van der Waals surface area contributed by atoms with Crippen molar-refractivity contribution in [1.82, 2.24) is 0 Å². The van der Waals surface area contributed by atoms with Gasteiger partial charge in [0.2, 0.25) is 0 Å². The van der Waals surface area contributed by atoms with E-state index >= 15 is 0 Å². The SMILES string of the molecule is [CH3-].[Cl][Ru+3].[NH-]C(c1ccccc1)C([N-]S(=O)(=O)Cc1c(Cl)cccc1Cl)c1ccccc1. The zero-order valence-electron chi connectivity index (χ0n) is 16.5. The minimum absolute atomic E-state index is 0. The smallest absolute Gasteiger partial charge is 0.0768 e. The number of nitrogens with one attached hydrogen (secondary N) is 1. The van der Waals surface area contributed by atoms with Crippen molar-refractivity contribution in [3.8, 4) is 0 Å². The van der Waals surface area contributed by atoms with Gasteiger partial charge in [-0.3, -0.25) is 0 Å². The van der Waals surface area contributed by atoms with Gasteiger partial charge < -0.3 is 17.9 Å². The molecule has 0 spiro atoms. The first-order valence-corrected chi connectivity index (χ1v) is 13.3. The molecule has 0 aliphatic rings. The van der Waals surface area contributed by atoms with E-state index in [1.165, 1.54) is 0 Å². The van der Waals surface area contributed by atoms with Crippen molar-refractivity contribution in [2.45, 2.75) is 17.8 Å². The maximum atomic E-state index is 12.9. The Hall–Kier alpha value is -0.977. The fourth-order valence-corrected chi connectivity index (χ4v) is 4.90. The second-order valence-corrected chi connectivity index (χ2v) is 8.75. The molecular formula is C22H21Cl3N2O2RuS. The fraction of sp³-hybridized carbons (Fsp3) is 0.136. The van der Waals surface area contributed by atoms with Crippen LogP contribution in [0, 0.1) is 7.43 Å². The monoisotopic (exact) mass is 584 g/mol. The second-order valence-electron chi connectivity index (χ2n) is 6.28. The van der Waals surface area contributed by atoms with E-state index < -0.39 is 27.9 Å². The van der Waals surface area contributed by atoms with E-state index in [1.54, 1.807) is 54.6 Å². The summed E-state index contributed by atoms with van der Waals surface area (Å²) in [6, 6.07) is 21.1. The zero-order valence-corrected chi connectivity index (χ0v) is 21.3. The van der Waals surface area contributed by atoms with Crippen LogP contribution in [-0.2, 0) is 33.1 Å². The van der Waals surface area contributed by atoms with Gasteiger partial charge in [0.15, 0.2) is 0 Å². The summed E-state index contributed by atoms with van der Waals surface area (Å²) in [6.07, 6.45) is 0. The summed E-state index contributed by atoms with van der Waals surface area (Å²) in [6.45, 7) is 0. The summed E-state index contributed by atoms with van der Waals surface area (Å²) in [5.41, 5.74) is 10.3. The third-order valence-corrected chi connectivity index (χ3v) is 6.19. The topological polar surface area (TPSA) is 72.0 Å². The third-order valence-electron chi connectivity index (χ3n) is 4.28. The van der Waals surface area contributed by atoms with E-state index in [2.05, 4.69) is 14.4 Å². The van der Waals surface area contributed by atoms with E-state index in [0.717, 1.165) is 0 Å². The largest absolute Gasteiger partial charge is 0.672 e. The van der Waals surface area contributed by atoms with Gasteiger partial charge in [-0.05, 0) is 12.1 Å². The number of hydrogen-bond donors (Lipinski definition) is 0. The van der Waals surface area contributed by atoms with Gasteiger partial charge in [0.25, 0.3) is 0 Å². The first kappa shape index (κ1) is 28.1. The Morgan fingerprint density at radius 3 is 1.74 bits per heavy atom. The minimum Gasteiger partial charge on any atom is -0.672 e. The number of nitrogens with zero attached hydrogens (tertiary/aromatic N) is 1. The van der Waals surface area contributed by atoms with Crippen molar-refractivity contribution in [3.63, 3.8) is 0 Å². The molecule has 2 unspecified atom stereocenters. The van der Waals surface area contributed by atoms with Crippen molar-refractivity contribution in [2.75, 3.05) is 0 Å². The van der Waals surface area contributed by atoms with Gasteiger partial charge in [0.1, 0.15) is 0 Å². The van der Waals surface area contributed by atoms with Crippen LogP contribution in [-0.4, -0.2) is 8.42 Å². The van der Waals surface area contributed by atoms with Crippen molar-refractivity contribution < 1.29 is 25.7 Å². The van der Waals surface area contributed by atoms with Crippen LogP contribution in [0.3, 0.4) is 0 Å². The Labute approximate surface area is 208 Å². The van der Waals surface area contributed by atoms with E-state index in [0.29, 0.717) is 16.7 Å². The van der Waals surface area contributed by atoms with Crippen LogP contribution in [0.4, 0.5) is 0 Å². The van der Waals surface area contributed by atoms with Gasteiger partial charge in [-0.25, -0.2) is 8.42 Å². The molecule has 31 heavy (non-hydrogen) atoms. The summed E-state index contributed by atoms with van der Waals surface area (Å²) in [5.74, 6) is -0.420. The van der Waals surface area contributed by atoms with Crippen molar-refractivity contribution in [3.05, 3.63) is 123 Å². The predicted molar refractivity (Wildman–Crippen MR) is 127 cm³/mol. The van der Waals surface area contributed by atoms with Crippen LogP contribution < -0.4 is 0 Å². The van der Waals surface area contributed by atoms with Gasteiger partial charge in [0, 0.05) is 15.6 Å². The minimum atomic E-state index is -3.94. The van der Waals surface area contributed by atoms with Gasteiger partial charge >= 0.3 is 27.0 Å². The van der Waals surface area contributed by atoms with Crippen LogP contribution in [0.2, 0.25) is 10.0 Å². The summed E-state index contributed by atoms with van der Waals surface area (Å²) in [7, 11) is 0.625. The van der Waals surface area contributed by atoms with Crippen LogP contribution in [0.1, 0.15) is 28.8 Å². The predicted octanol–water partition coefficient (Wildman–Crippen LogP) is 7.87. The van der Waals surface area contributed by atoms with Crippen molar-refractivity contribution in [1.29, 1.82) is 0 Å². The maximum absolute atomic E-state index is 12.9. The first-order valence-electron chi connectivity index (χ1n) is 8.69. The Morgan fingerprint density at radius 2 is 1.26 bits per heavy atom. The van der Waals surface area contributed by atoms with Gasteiger partial charge in [-0.2, -0.15) is 0 Å². The molecule has 0 saturated heterocycles. The standard InChI is InChI=1S/C21H18Cl2N2O2S.CH3.ClH.Ru/c22-18-12-7-13-19(23)17(18)14-28(26,27)25-21(16-10-5-2-6-11-16)20(24)15-8-3-1-4-9-15;;;/h1-13,20-21,24H,14H2;1H3;1H;/q-2;-1;;+4/p-1. The molecular weight excluding hydrogens is 564 g/mol. The molecule has 0 radical (unpaired) electrons. The normalized spacial score (nSPS) is 12.6. The Kier molecular flexibility index (Phi) is 12.3. The molecule has 9 heteroatoms. The Balaban J connectivity index is 0.00000156. The summed E-state index contributed by atoms with van der Waals surface area (Å²) >= 11 is 14.1. The fourth-order valence-electron chi connectivity index (χ4n) is 2.87. The molecule has 0 fully saturated rings. The second kappa shape index (κ2) is 13.5. The molecule has 3 aromatic rings. The molecule has 0 amide bonds. The molecule has 0 aliphatic carbocycles. The van der Waals surface area contributed by atoms with Crippen molar-refractivity contribution in [2.24, 2.45) is 0 Å². The quantitative estimate of drug-likeness (QED) is 0.209. The van der Waals surface area contributed by atoms with E-state index in [4.69, 9.17) is 28.9 Å². The zero-order chi connectivity index (χ0) is 22.1. The molecule has 3 aromatic carbocycles. The van der Waals surface area contributed by atoms with Gasteiger partial charge in [0.05, 0.1) is 15.8 Å². The molecule has 166 valence electrons. The van der Waals surface area contributed by atoms with Crippen LogP contribution in [0.5, 0.6) is 0 Å². The van der Waals surface area contributed by atoms with E-state index in [9.17, 15) is 8.42 Å². The average molecular weight is 585 g/mol. The molecule has 2 atom stereocenters. The van der Waals surface area contributed by atoms with Crippen LogP contribution >= 0.6 is 32.9 Å². The molecule has 0 heterocycles. The number of hydrogen-bond acceptors (Lipinski definition) is 2. The molecule has 0 aromatic heterocycles. The van der Waals surface area contributed by atoms with Crippen molar-refractivity contribution >= 4 is 42.9 Å². The van der Waals surface area contributed by atoms with Gasteiger partial charge in [-0.15, -0.1) is 12.1 Å². The van der Waals surface area contributed by atoms with Gasteiger partial charge in [-0.1, -0.05) is 101 Å². The first-order chi connectivity index (χ1) is 14.4. The number of benzene rings is 3. The third kappa shape index (κ3) is 8.14. The summed E-state index contributed by atoms with van der Waals surface area (Å²) in [4.78, 5) is 0. The van der Waals surface area contributed by atoms with E-state index in [1.807, 2.05) is 41.6 Å². The maximum Gasteiger partial charge on any atom is 0.0768 e. The number of sulfonamides is 1. The van der Waals surface area contributed by atoms with E-state index in [-0.39, 0.29) is 17.5 Å². The molecule has 0 aliphatic heterocycles. The summed E-state index contributed by atoms with van der Waals surface area (Å²) in [5, 5.41) is 0.543. The summed E-state index contributed by atoms with van der Waals surface area (Å²) < 4.78 is 29.8. The van der Waals surface area contributed by atoms with Crippen LogP contribution in [0.15, 0.2) is 78.9 Å². The number of halogens is 3. The van der Waals surface area contributed by atoms with Crippen LogP contribution in [0.25, 0.3) is 10.5 Å². The molecule has 0 saturated carbocycles.